The maximum atomic E-state index is 5.37. The summed E-state index contributed by atoms with van der Waals surface area (Å²) in [4.78, 5) is 2.55. The maximum Gasteiger partial charge on any atom is 0.103 e. The van der Waals surface area contributed by atoms with E-state index in [1.54, 1.807) is 6.26 Å². The van der Waals surface area contributed by atoms with Crippen molar-refractivity contribution in [3.63, 3.8) is 0 Å². The maximum absolute atomic E-state index is 5.37. The summed E-state index contributed by atoms with van der Waals surface area (Å²) in [6, 6.07) is 5.93. The van der Waals surface area contributed by atoms with Crippen LogP contribution in [0.3, 0.4) is 0 Å². The van der Waals surface area contributed by atoms with Crippen molar-refractivity contribution in [2.75, 3.05) is 13.1 Å². The Hall–Kier alpha value is -0.800. The van der Waals surface area contributed by atoms with Crippen LogP contribution in [0.2, 0.25) is 0 Å². The number of likely N-dealkylation sites (tertiary alicyclic amines) is 1. The molecule has 2 unspecified atom stereocenters. The fraction of sp³-hybridized carbons (Fsp3) is 0.733. The Morgan fingerprint density at radius 2 is 2.28 bits per heavy atom. The highest BCUT2D eigenvalue weighted by Gasteiger charge is 2.24. The molecule has 1 aliphatic rings. The number of hydrogen-bond acceptors (Lipinski definition) is 3. The summed E-state index contributed by atoms with van der Waals surface area (Å²) in [7, 11) is 0. The zero-order valence-corrected chi connectivity index (χ0v) is 11.9. The highest BCUT2D eigenvalue weighted by molar-refractivity contribution is 4.98. The van der Waals surface area contributed by atoms with Crippen molar-refractivity contribution in [1.82, 2.24) is 10.2 Å². The first-order chi connectivity index (χ1) is 8.65. The van der Waals surface area contributed by atoms with Crippen LogP contribution in [0.4, 0.5) is 0 Å². The van der Waals surface area contributed by atoms with Gasteiger partial charge in [-0.1, -0.05) is 0 Å². The van der Waals surface area contributed by atoms with Gasteiger partial charge in [-0.25, -0.2) is 0 Å². The molecular formula is C15H26N2O. The minimum Gasteiger partial charge on any atom is -0.469 e. The van der Waals surface area contributed by atoms with Crippen molar-refractivity contribution >= 4 is 0 Å². The van der Waals surface area contributed by atoms with E-state index >= 15 is 0 Å². The van der Waals surface area contributed by atoms with Gasteiger partial charge in [0, 0.05) is 31.1 Å². The summed E-state index contributed by atoms with van der Waals surface area (Å²) in [6.45, 7) is 9.27. The lowest BCUT2D eigenvalue weighted by molar-refractivity contribution is 0.265. The molecule has 0 aromatic carbocycles. The molecule has 1 aromatic rings. The molecule has 0 bridgehead atoms. The van der Waals surface area contributed by atoms with E-state index in [-0.39, 0.29) is 0 Å². The molecular weight excluding hydrogens is 224 g/mol. The number of furan rings is 1. The number of rotatable bonds is 6. The van der Waals surface area contributed by atoms with Crippen LogP contribution in [0.25, 0.3) is 0 Å². The Labute approximate surface area is 111 Å². The largest absolute Gasteiger partial charge is 0.469 e. The third kappa shape index (κ3) is 3.85. The molecule has 0 saturated carbocycles. The van der Waals surface area contributed by atoms with Gasteiger partial charge in [0.05, 0.1) is 6.26 Å². The fourth-order valence-electron chi connectivity index (χ4n) is 2.69. The van der Waals surface area contributed by atoms with E-state index < -0.39 is 0 Å². The van der Waals surface area contributed by atoms with Gasteiger partial charge in [0.1, 0.15) is 5.76 Å². The van der Waals surface area contributed by atoms with E-state index in [9.17, 15) is 0 Å². The zero-order valence-electron chi connectivity index (χ0n) is 11.9. The molecule has 2 atom stereocenters. The molecule has 1 N–H and O–H groups in total. The van der Waals surface area contributed by atoms with Crippen molar-refractivity contribution < 1.29 is 4.42 Å². The monoisotopic (exact) mass is 250 g/mol. The third-order valence-electron chi connectivity index (χ3n) is 3.87. The summed E-state index contributed by atoms with van der Waals surface area (Å²) in [5.41, 5.74) is 0. The van der Waals surface area contributed by atoms with Crippen LogP contribution in [0.5, 0.6) is 0 Å². The van der Waals surface area contributed by atoms with E-state index in [4.69, 9.17) is 4.42 Å². The van der Waals surface area contributed by atoms with Crippen molar-refractivity contribution in [2.24, 2.45) is 0 Å². The SMILES string of the molecule is CC(CCc1ccco1)NC1CCN(C(C)C)C1. The van der Waals surface area contributed by atoms with Gasteiger partial charge in [-0.3, -0.25) is 4.90 Å². The van der Waals surface area contributed by atoms with E-state index in [1.807, 2.05) is 6.07 Å². The summed E-state index contributed by atoms with van der Waals surface area (Å²) < 4.78 is 5.37. The second kappa shape index (κ2) is 6.39. The predicted octanol–water partition coefficient (Wildman–Crippen LogP) is 2.67. The molecule has 1 saturated heterocycles. The lowest BCUT2D eigenvalue weighted by atomic mass is 10.1. The first-order valence-corrected chi connectivity index (χ1v) is 7.17. The molecule has 1 aromatic heterocycles. The zero-order chi connectivity index (χ0) is 13.0. The van der Waals surface area contributed by atoms with E-state index in [0.717, 1.165) is 18.6 Å². The molecule has 0 radical (unpaired) electrons. The molecule has 2 heterocycles. The Kier molecular flexibility index (Phi) is 4.84. The van der Waals surface area contributed by atoms with E-state index in [0.29, 0.717) is 18.1 Å². The van der Waals surface area contributed by atoms with Crippen molar-refractivity contribution in [3.8, 4) is 0 Å². The van der Waals surface area contributed by atoms with Crippen molar-refractivity contribution in [2.45, 2.75) is 58.2 Å². The minimum absolute atomic E-state index is 0.562. The van der Waals surface area contributed by atoms with Gasteiger partial charge in [0.25, 0.3) is 0 Å². The lowest BCUT2D eigenvalue weighted by Gasteiger charge is -2.22. The topological polar surface area (TPSA) is 28.4 Å². The van der Waals surface area contributed by atoms with E-state index in [2.05, 4.69) is 37.1 Å². The average Bonchev–Trinajstić information content (AvgIpc) is 2.96. The Morgan fingerprint density at radius 1 is 1.44 bits per heavy atom. The molecule has 3 heteroatoms. The quantitative estimate of drug-likeness (QED) is 0.841. The van der Waals surface area contributed by atoms with Crippen molar-refractivity contribution in [3.05, 3.63) is 24.2 Å². The molecule has 3 nitrogen and oxygen atoms in total. The predicted molar refractivity (Wildman–Crippen MR) is 74.7 cm³/mol. The minimum atomic E-state index is 0.562. The van der Waals surface area contributed by atoms with Crippen LogP contribution >= 0.6 is 0 Å². The number of nitrogens with zero attached hydrogens (tertiary/aromatic N) is 1. The van der Waals surface area contributed by atoms with Gasteiger partial charge in [0.15, 0.2) is 0 Å². The highest BCUT2D eigenvalue weighted by atomic mass is 16.3. The van der Waals surface area contributed by atoms with Crippen LogP contribution in [-0.2, 0) is 6.42 Å². The number of aryl methyl sites for hydroxylation is 1. The summed E-state index contributed by atoms with van der Waals surface area (Å²) in [5, 5.41) is 3.74. The first kappa shape index (κ1) is 13.6. The van der Waals surface area contributed by atoms with Crippen LogP contribution in [0, 0.1) is 0 Å². The molecule has 1 aliphatic heterocycles. The molecule has 2 rings (SSSR count). The van der Waals surface area contributed by atoms with Gasteiger partial charge in [0.2, 0.25) is 0 Å². The second-order valence-electron chi connectivity index (χ2n) is 5.76. The molecule has 0 amide bonds. The summed E-state index contributed by atoms with van der Waals surface area (Å²) in [6.07, 6.45) is 5.21. The Bertz CT molecular complexity index is 334. The first-order valence-electron chi connectivity index (χ1n) is 7.17. The Morgan fingerprint density at radius 3 is 2.89 bits per heavy atom. The molecule has 1 fully saturated rings. The third-order valence-corrected chi connectivity index (χ3v) is 3.87. The van der Waals surface area contributed by atoms with Gasteiger partial charge in [-0.15, -0.1) is 0 Å². The van der Waals surface area contributed by atoms with Gasteiger partial charge >= 0.3 is 0 Å². The Balaban J connectivity index is 1.67. The average molecular weight is 250 g/mol. The summed E-state index contributed by atoms with van der Waals surface area (Å²) >= 11 is 0. The summed E-state index contributed by atoms with van der Waals surface area (Å²) in [5.74, 6) is 1.10. The lowest BCUT2D eigenvalue weighted by Crippen LogP contribution is -2.39. The van der Waals surface area contributed by atoms with E-state index in [1.165, 1.54) is 19.5 Å². The molecule has 0 aliphatic carbocycles. The normalized spacial score (nSPS) is 22.8. The fourth-order valence-corrected chi connectivity index (χ4v) is 2.69. The van der Waals surface area contributed by atoms with Gasteiger partial charge < -0.3 is 9.73 Å². The van der Waals surface area contributed by atoms with Gasteiger partial charge in [-0.2, -0.15) is 0 Å². The van der Waals surface area contributed by atoms with Crippen LogP contribution in [0.15, 0.2) is 22.8 Å². The highest BCUT2D eigenvalue weighted by Crippen LogP contribution is 2.14. The standard InChI is InChI=1S/C15H26N2O/c1-12(2)17-9-8-14(11-17)16-13(3)6-7-15-5-4-10-18-15/h4-5,10,12-14,16H,6-9,11H2,1-3H3. The van der Waals surface area contributed by atoms with Gasteiger partial charge in [-0.05, 0) is 52.3 Å². The molecule has 102 valence electrons. The molecule has 18 heavy (non-hydrogen) atoms. The second-order valence-corrected chi connectivity index (χ2v) is 5.76. The number of hydrogen-bond donors (Lipinski definition) is 1. The van der Waals surface area contributed by atoms with Crippen LogP contribution in [-0.4, -0.2) is 36.1 Å². The van der Waals surface area contributed by atoms with Crippen molar-refractivity contribution in [1.29, 1.82) is 0 Å². The van der Waals surface area contributed by atoms with Crippen LogP contribution in [0.1, 0.15) is 39.4 Å². The van der Waals surface area contributed by atoms with Crippen LogP contribution < -0.4 is 5.32 Å². The molecule has 0 spiro atoms. The smallest absolute Gasteiger partial charge is 0.103 e. The number of nitrogens with one attached hydrogen (secondary N) is 1.